The van der Waals surface area contributed by atoms with Crippen molar-refractivity contribution >= 4 is 27.8 Å². The van der Waals surface area contributed by atoms with E-state index < -0.39 is 0 Å². The van der Waals surface area contributed by atoms with E-state index in [0.717, 1.165) is 32.0 Å². The van der Waals surface area contributed by atoms with Crippen LogP contribution in [0.25, 0.3) is 21.5 Å². The van der Waals surface area contributed by atoms with Crippen molar-refractivity contribution in [1.29, 1.82) is 0 Å². The molecule has 104 valence electrons. The van der Waals surface area contributed by atoms with Crippen LogP contribution in [0.5, 0.6) is 0 Å². The minimum atomic E-state index is 0.655. The molecule has 0 spiro atoms. The van der Waals surface area contributed by atoms with Crippen molar-refractivity contribution in [2.45, 2.75) is 32.1 Å². The van der Waals surface area contributed by atoms with Crippen molar-refractivity contribution in [2.75, 3.05) is 0 Å². The fourth-order valence-corrected chi connectivity index (χ4v) is 3.71. The summed E-state index contributed by atoms with van der Waals surface area (Å²) in [5.74, 6) is 0. The second kappa shape index (κ2) is 5.00. The lowest BCUT2D eigenvalue weighted by molar-refractivity contribution is -0.107. The molecule has 0 radical (unpaired) electrons. The van der Waals surface area contributed by atoms with E-state index in [9.17, 15) is 4.79 Å². The quantitative estimate of drug-likeness (QED) is 0.385. The lowest BCUT2D eigenvalue weighted by Gasteiger charge is -2.20. The van der Waals surface area contributed by atoms with Crippen molar-refractivity contribution in [1.82, 2.24) is 0 Å². The van der Waals surface area contributed by atoms with Crippen LogP contribution in [0.2, 0.25) is 0 Å². The van der Waals surface area contributed by atoms with Gasteiger partial charge in [0.15, 0.2) is 0 Å². The van der Waals surface area contributed by atoms with Crippen LogP contribution < -0.4 is 0 Å². The van der Waals surface area contributed by atoms with Crippen LogP contribution in [0.15, 0.2) is 42.5 Å². The molecule has 0 aromatic heterocycles. The molecule has 21 heavy (non-hydrogen) atoms. The van der Waals surface area contributed by atoms with Gasteiger partial charge in [0.25, 0.3) is 0 Å². The van der Waals surface area contributed by atoms with E-state index in [4.69, 9.17) is 0 Å². The number of aryl methyl sites for hydroxylation is 3. The highest BCUT2D eigenvalue weighted by Gasteiger charge is 2.16. The Morgan fingerprint density at radius 2 is 1.76 bits per heavy atom. The predicted octanol–water partition coefficient (Wildman–Crippen LogP) is 4.61. The summed E-state index contributed by atoms with van der Waals surface area (Å²) in [6, 6.07) is 15.7. The molecule has 3 aromatic carbocycles. The van der Waals surface area contributed by atoms with Gasteiger partial charge in [-0.15, -0.1) is 0 Å². The number of benzene rings is 3. The van der Waals surface area contributed by atoms with Gasteiger partial charge in [0.05, 0.1) is 0 Å². The lowest BCUT2D eigenvalue weighted by Crippen LogP contribution is -2.02. The first kappa shape index (κ1) is 12.6. The smallest absolute Gasteiger partial charge is 0.120 e. The number of unbranched alkanes of at least 4 members (excludes halogenated alkanes) is 1. The van der Waals surface area contributed by atoms with Crippen LogP contribution in [0.3, 0.4) is 0 Å². The summed E-state index contributed by atoms with van der Waals surface area (Å²) in [6.45, 7) is 0. The number of rotatable bonds is 4. The largest absolute Gasteiger partial charge is 0.303 e. The average Bonchev–Trinajstić information content (AvgIpc) is 2.54. The number of carbonyl (C=O) groups is 1. The molecule has 0 heterocycles. The maximum Gasteiger partial charge on any atom is 0.120 e. The van der Waals surface area contributed by atoms with Crippen LogP contribution >= 0.6 is 0 Å². The third kappa shape index (κ3) is 1.96. The third-order valence-corrected chi connectivity index (χ3v) is 4.72. The zero-order valence-electron chi connectivity index (χ0n) is 12.1. The van der Waals surface area contributed by atoms with E-state index in [1.54, 1.807) is 0 Å². The monoisotopic (exact) mass is 274 g/mol. The first-order valence-corrected chi connectivity index (χ1v) is 7.77. The zero-order valence-corrected chi connectivity index (χ0v) is 12.1. The van der Waals surface area contributed by atoms with Crippen LogP contribution in [-0.2, 0) is 24.1 Å². The van der Waals surface area contributed by atoms with Gasteiger partial charge < -0.3 is 4.79 Å². The van der Waals surface area contributed by atoms with Crippen LogP contribution in [0.1, 0.15) is 29.5 Å². The van der Waals surface area contributed by atoms with Gasteiger partial charge in [0.1, 0.15) is 6.29 Å². The summed E-state index contributed by atoms with van der Waals surface area (Å²) in [4.78, 5) is 10.5. The van der Waals surface area contributed by atoms with Gasteiger partial charge in [-0.25, -0.2) is 0 Å². The number of hydrogen-bond acceptors (Lipinski definition) is 1. The molecular weight excluding hydrogens is 256 g/mol. The second-order valence-corrected chi connectivity index (χ2v) is 5.95. The highest BCUT2D eigenvalue weighted by molar-refractivity contribution is 6.12. The van der Waals surface area contributed by atoms with Crippen LogP contribution in [-0.4, -0.2) is 6.29 Å². The molecule has 3 aromatic rings. The van der Waals surface area contributed by atoms with E-state index >= 15 is 0 Å². The molecule has 0 saturated heterocycles. The molecule has 1 aliphatic rings. The summed E-state index contributed by atoms with van der Waals surface area (Å²) in [6.07, 6.45) is 5.89. The molecule has 0 amide bonds. The molecule has 1 nitrogen and oxygen atoms in total. The number of carbonyl (C=O) groups excluding carboxylic acids is 1. The topological polar surface area (TPSA) is 17.1 Å². The summed E-state index contributed by atoms with van der Waals surface area (Å²) < 4.78 is 0. The Morgan fingerprint density at radius 1 is 0.905 bits per heavy atom. The van der Waals surface area contributed by atoms with Gasteiger partial charge in [0, 0.05) is 6.42 Å². The number of hydrogen-bond donors (Lipinski definition) is 0. The fraction of sp³-hybridized carbons (Fsp3) is 0.250. The van der Waals surface area contributed by atoms with Crippen molar-refractivity contribution in [2.24, 2.45) is 0 Å². The van der Waals surface area contributed by atoms with Gasteiger partial charge in [-0.3, -0.25) is 0 Å². The average molecular weight is 274 g/mol. The zero-order chi connectivity index (χ0) is 14.2. The van der Waals surface area contributed by atoms with Gasteiger partial charge >= 0.3 is 0 Å². The molecule has 0 unspecified atom stereocenters. The van der Waals surface area contributed by atoms with Gasteiger partial charge in [-0.2, -0.15) is 0 Å². The Labute approximate surface area is 124 Å². The highest BCUT2D eigenvalue weighted by atomic mass is 16.1. The maximum absolute atomic E-state index is 10.5. The number of aldehydes is 1. The lowest BCUT2D eigenvalue weighted by atomic mass is 9.84. The Morgan fingerprint density at radius 3 is 2.62 bits per heavy atom. The fourth-order valence-electron chi connectivity index (χ4n) is 3.71. The Bertz CT molecular complexity index is 845. The Hall–Kier alpha value is -2.15. The summed E-state index contributed by atoms with van der Waals surface area (Å²) in [5, 5.41) is 5.65. The molecule has 1 aliphatic carbocycles. The molecule has 4 rings (SSSR count). The predicted molar refractivity (Wildman–Crippen MR) is 87.9 cm³/mol. The Balaban J connectivity index is 1.99. The normalized spacial score (nSPS) is 13.1. The van der Waals surface area contributed by atoms with Gasteiger partial charge in [0.2, 0.25) is 0 Å². The van der Waals surface area contributed by atoms with E-state index in [2.05, 4.69) is 42.5 Å². The molecule has 1 heteroatoms. The van der Waals surface area contributed by atoms with Crippen molar-refractivity contribution < 1.29 is 4.79 Å². The molecule has 0 fully saturated rings. The molecule has 0 saturated carbocycles. The van der Waals surface area contributed by atoms with E-state index in [0.29, 0.717) is 6.42 Å². The standard InChI is InChI=1S/C20H18O/c21-13-2-1-4-14-7-8-17-10-9-15-5-3-6-16-11-12-18(14)20(17)19(15)16/h3,5-8,11-13H,1-2,4,9-10H2. The van der Waals surface area contributed by atoms with Crippen molar-refractivity contribution in [3.63, 3.8) is 0 Å². The minimum Gasteiger partial charge on any atom is -0.303 e. The van der Waals surface area contributed by atoms with Crippen molar-refractivity contribution in [3.05, 3.63) is 59.2 Å². The van der Waals surface area contributed by atoms with Gasteiger partial charge in [-0.05, 0) is 63.9 Å². The SMILES string of the molecule is O=CCCCc1ccc2c3c1ccc1cccc(c13)CC2. The molecule has 0 aliphatic heterocycles. The van der Waals surface area contributed by atoms with Crippen LogP contribution in [0, 0.1) is 0 Å². The third-order valence-electron chi connectivity index (χ3n) is 4.72. The minimum absolute atomic E-state index is 0.655. The first-order valence-electron chi connectivity index (χ1n) is 7.77. The van der Waals surface area contributed by atoms with E-state index in [1.165, 1.54) is 38.2 Å². The van der Waals surface area contributed by atoms with Crippen LogP contribution in [0.4, 0.5) is 0 Å². The van der Waals surface area contributed by atoms with Crippen molar-refractivity contribution in [3.8, 4) is 0 Å². The second-order valence-electron chi connectivity index (χ2n) is 5.95. The van der Waals surface area contributed by atoms with E-state index in [1.807, 2.05) is 0 Å². The highest BCUT2D eigenvalue weighted by Crippen LogP contribution is 2.37. The summed E-state index contributed by atoms with van der Waals surface area (Å²) >= 11 is 0. The Kier molecular flexibility index (Phi) is 2.99. The van der Waals surface area contributed by atoms with E-state index in [-0.39, 0.29) is 0 Å². The molecule has 0 bridgehead atoms. The molecule has 0 atom stereocenters. The molecular formula is C20H18O. The molecule has 0 N–H and O–H groups in total. The summed E-state index contributed by atoms with van der Waals surface area (Å²) in [5.41, 5.74) is 4.35. The van der Waals surface area contributed by atoms with Gasteiger partial charge in [-0.1, -0.05) is 42.5 Å². The first-order chi connectivity index (χ1) is 10.4. The summed E-state index contributed by atoms with van der Waals surface area (Å²) in [7, 11) is 0. The maximum atomic E-state index is 10.5.